The molecule has 386 valence electrons. The number of hydrogen-bond donors (Lipinski definition) is 2. The Bertz CT molecular complexity index is 2270. The van der Waals surface area contributed by atoms with Crippen LogP contribution in [0.4, 0.5) is 11.4 Å². The van der Waals surface area contributed by atoms with Crippen LogP contribution >= 0.6 is 0 Å². The number of aryl methyl sites for hydroxylation is 1. The SMILES string of the molecule is CCN(CC)c1ccc(NC(=O)c2cccc(C(=O)N(C)CCN(CCOC)CCOCCOCCOCCC(=O)N(C)CCN3CCOCC3)c2)c(-c2cc(C(=O)NCc3cccc(C)c3)ccn2)c1. The first kappa shape index (κ1) is 56.1. The van der Waals surface area contributed by atoms with Crippen LogP contribution in [0.15, 0.2) is 85.1 Å². The van der Waals surface area contributed by atoms with E-state index in [2.05, 4.69) is 44.2 Å². The van der Waals surface area contributed by atoms with Gasteiger partial charge >= 0.3 is 0 Å². The van der Waals surface area contributed by atoms with Crippen LogP contribution in [0.3, 0.4) is 0 Å². The van der Waals surface area contributed by atoms with Gasteiger partial charge in [-0.25, -0.2) is 0 Å². The van der Waals surface area contributed by atoms with Crippen molar-refractivity contribution in [1.29, 1.82) is 0 Å². The van der Waals surface area contributed by atoms with Crippen LogP contribution in [0, 0.1) is 6.92 Å². The second-order valence-electron chi connectivity index (χ2n) is 17.5. The maximum Gasteiger partial charge on any atom is 0.255 e. The number of methoxy groups -OCH3 is 1. The summed E-state index contributed by atoms with van der Waals surface area (Å²) in [6, 6.07) is 23.9. The van der Waals surface area contributed by atoms with Crippen molar-refractivity contribution in [2.75, 3.05) is 156 Å². The highest BCUT2D eigenvalue weighted by atomic mass is 16.5. The quantitative estimate of drug-likeness (QED) is 0.0622. The molecule has 5 rings (SSSR count). The zero-order valence-corrected chi connectivity index (χ0v) is 42.8. The first-order valence-corrected chi connectivity index (χ1v) is 24.8. The van der Waals surface area contributed by atoms with Gasteiger partial charge in [0.25, 0.3) is 17.7 Å². The molecule has 0 unspecified atom stereocenters. The van der Waals surface area contributed by atoms with Gasteiger partial charge in [0, 0.05) is 127 Å². The third kappa shape index (κ3) is 19.1. The van der Waals surface area contributed by atoms with Crippen molar-refractivity contribution in [3.63, 3.8) is 0 Å². The number of pyridine rings is 1. The van der Waals surface area contributed by atoms with E-state index in [9.17, 15) is 19.2 Å². The van der Waals surface area contributed by atoms with Crippen molar-refractivity contribution in [3.8, 4) is 11.3 Å². The molecule has 1 fully saturated rings. The highest BCUT2D eigenvalue weighted by Gasteiger charge is 2.20. The molecule has 1 aliphatic heterocycles. The monoisotopic (exact) mass is 981 g/mol. The van der Waals surface area contributed by atoms with Gasteiger partial charge in [0.15, 0.2) is 0 Å². The molecular formula is C54H76N8O9. The standard InChI is InChI=1S/C54H76N8O9/c1-7-62(8-2)47-15-16-49(48(40-47)50-39-45(17-19-55-50)52(64)56-41-43-12-9-11-42(3)37-43)57-53(65)44-13-10-14-46(38-44)54(66)59(5)21-23-60(24-29-67-6)27-32-70-34-36-71-35-33-68-28-18-51(63)58(4)20-22-61-25-30-69-31-26-61/h9-17,19,37-40H,7-8,18,20-36,41H2,1-6H3,(H,56,64)(H,57,65). The number of nitrogens with one attached hydrogen (secondary N) is 2. The van der Waals surface area contributed by atoms with E-state index in [1.165, 1.54) is 0 Å². The predicted molar refractivity (Wildman–Crippen MR) is 277 cm³/mol. The Morgan fingerprint density at radius 3 is 2.13 bits per heavy atom. The van der Waals surface area contributed by atoms with Crippen LogP contribution in [-0.2, 0) is 35.0 Å². The van der Waals surface area contributed by atoms with Crippen LogP contribution < -0.4 is 15.5 Å². The first-order valence-electron chi connectivity index (χ1n) is 24.8. The summed E-state index contributed by atoms with van der Waals surface area (Å²) in [6.45, 7) is 18.3. The second-order valence-corrected chi connectivity index (χ2v) is 17.5. The van der Waals surface area contributed by atoms with E-state index in [-0.39, 0.29) is 17.7 Å². The van der Waals surface area contributed by atoms with Crippen molar-refractivity contribution in [3.05, 3.63) is 113 Å². The lowest BCUT2D eigenvalue weighted by Gasteiger charge is -2.28. The maximum atomic E-state index is 13.9. The van der Waals surface area contributed by atoms with Crippen LogP contribution in [0.1, 0.15) is 62.5 Å². The average Bonchev–Trinajstić information content (AvgIpc) is 3.39. The summed E-state index contributed by atoms with van der Waals surface area (Å²) in [5, 5.41) is 6.07. The fraction of sp³-hybridized carbons (Fsp3) is 0.500. The predicted octanol–water partition coefficient (Wildman–Crippen LogP) is 5.34. The summed E-state index contributed by atoms with van der Waals surface area (Å²) in [5.74, 6) is -0.772. The minimum atomic E-state index is -0.391. The molecule has 4 aromatic rings. The molecule has 3 aromatic carbocycles. The van der Waals surface area contributed by atoms with E-state index in [0.29, 0.717) is 126 Å². The number of carbonyl (C=O) groups is 4. The van der Waals surface area contributed by atoms with Gasteiger partial charge in [0.2, 0.25) is 5.91 Å². The number of likely N-dealkylation sites (N-methyl/N-ethyl adjacent to an activating group) is 2. The topological polar surface area (TPSA) is 168 Å². The fourth-order valence-corrected chi connectivity index (χ4v) is 7.95. The number of hydrogen-bond acceptors (Lipinski definition) is 13. The molecule has 1 aromatic heterocycles. The zero-order chi connectivity index (χ0) is 50.8. The van der Waals surface area contributed by atoms with Crippen molar-refractivity contribution in [1.82, 2.24) is 29.9 Å². The molecule has 0 aliphatic carbocycles. The maximum absolute atomic E-state index is 13.9. The highest BCUT2D eigenvalue weighted by Crippen LogP contribution is 2.32. The summed E-state index contributed by atoms with van der Waals surface area (Å²) in [4.78, 5) is 68.2. The third-order valence-electron chi connectivity index (χ3n) is 12.3. The van der Waals surface area contributed by atoms with E-state index in [1.54, 1.807) is 66.6 Å². The molecule has 0 radical (unpaired) electrons. The molecular weight excluding hydrogens is 905 g/mol. The Kier molecular flexibility index (Phi) is 24.4. The molecule has 0 spiro atoms. The van der Waals surface area contributed by atoms with E-state index in [0.717, 1.165) is 62.8 Å². The number of rotatable bonds is 31. The molecule has 17 heteroatoms. The van der Waals surface area contributed by atoms with E-state index >= 15 is 0 Å². The minimum Gasteiger partial charge on any atom is -0.383 e. The molecule has 2 heterocycles. The highest BCUT2D eigenvalue weighted by molar-refractivity contribution is 6.08. The number of ether oxygens (including phenoxy) is 5. The van der Waals surface area contributed by atoms with Gasteiger partial charge in [-0.15, -0.1) is 0 Å². The van der Waals surface area contributed by atoms with Gasteiger partial charge in [-0.1, -0.05) is 35.9 Å². The molecule has 0 atom stereocenters. The van der Waals surface area contributed by atoms with Crippen LogP contribution in [0.2, 0.25) is 0 Å². The van der Waals surface area contributed by atoms with Crippen molar-refractivity contribution in [2.24, 2.45) is 0 Å². The lowest BCUT2D eigenvalue weighted by Crippen LogP contribution is -2.42. The van der Waals surface area contributed by atoms with Crippen LogP contribution in [-0.4, -0.2) is 194 Å². The lowest BCUT2D eigenvalue weighted by atomic mass is 10.0. The van der Waals surface area contributed by atoms with Crippen molar-refractivity contribution in [2.45, 2.75) is 33.7 Å². The smallest absolute Gasteiger partial charge is 0.255 e. The number of amides is 4. The van der Waals surface area contributed by atoms with Crippen molar-refractivity contribution < 1.29 is 42.9 Å². The summed E-state index contributed by atoms with van der Waals surface area (Å²) >= 11 is 0. The summed E-state index contributed by atoms with van der Waals surface area (Å²) in [5.41, 5.74) is 5.92. The van der Waals surface area contributed by atoms with Gasteiger partial charge in [0.1, 0.15) is 0 Å². The van der Waals surface area contributed by atoms with Crippen molar-refractivity contribution >= 4 is 35.0 Å². The van der Waals surface area contributed by atoms with Gasteiger partial charge in [-0.05, 0) is 74.9 Å². The zero-order valence-electron chi connectivity index (χ0n) is 42.8. The van der Waals surface area contributed by atoms with Crippen LogP contribution in [0.25, 0.3) is 11.3 Å². The average molecular weight is 981 g/mol. The number of aromatic nitrogens is 1. The molecule has 1 aliphatic rings. The van der Waals surface area contributed by atoms with Gasteiger partial charge in [-0.2, -0.15) is 0 Å². The van der Waals surface area contributed by atoms with E-state index in [1.807, 2.05) is 56.4 Å². The van der Waals surface area contributed by atoms with Gasteiger partial charge in [-0.3, -0.25) is 34.0 Å². The number of benzene rings is 3. The molecule has 1 saturated heterocycles. The molecule has 0 saturated carbocycles. The summed E-state index contributed by atoms with van der Waals surface area (Å²) in [7, 11) is 5.24. The third-order valence-corrected chi connectivity index (χ3v) is 12.3. The Hall–Kier alpha value is -5.79. The van der Waals surface area contributed by atoms with E-state index in [4.69, 9.17) is 23.7 Å². The molecule has 17 nitrogen and oxygen atoms in total. The lowest BCUT2D eigenvalue weighted by molar-refractivity contribution is -0.131. The second kappa shape index (κ2) is 30.8. The summed E-state index contributed by atoms with van der Waals surface area (Å²) < 4.78 is 27.9. The Balaban J connectivity index is 1.07. The first-order chi connectivity index (χ1) is 34.5. The number of anilines is 2. The fourth-order valence-electron chi connectivity index (χ4n) is 7.95. The van der Waals surface area contributed by atoms with Gasteiger partial charge in [0.05, 0.1) is 77.3 Å². The molecule has 2 N–H and O–H groups in total. The largest absolute Gasteiger partial charge is 0.383 e. The number of nitrogens with zero attached hydrogens (tertiary/aromatic N) is 6. The summed E-state index contributed by atoms with van der Waals surface area (Å²) in [6.07, 6.45) is 1.94. The Morgan fingerprint density at radius 2 is 1.39 bits per heavy atom. The molecule has 71 heavy (non-hydrogen) atoms. The minimum absolute atomic E-state index is 0.0676. The Morgan fingerprint density at radius 1 is 0.704 bits per heavy atom. The number of carbonyl (C=O) groups excluding carboxylic acids is 4. The normalized spacial score (nSPS) is 12.7. The Labute approximate surface area is 420 Å². The number of morpholine rings is 1. The molecule has 4 amide bonds. The van der Waals surface area contributed by atoms with E-state index < -0.39 is 5.91 Å². The van der Waals surface area contributed by atoms with Crippen LogP contribution in [0.5, 0.6) is 0 Å². The molecule has 0 bridgehead atoms. The van der Waals surface area contributed by atoms with Gasteiger partial charge < -0.3 is 49.0 Å².